The molecule has 5 rings (SSSR count). The van der Waals surface area contributed by atoms with E-state index in [1.165, 1.54) is 28.6 Å². The minimum Gasteiger partial charge on any atom is -0.507 e. The number of carbonyl (C=O) groups excluding carboxylic acids is 1. The van der Waals surface area contributed by atoms with E-state index in [-0.39, 0.29) is 57.6 Å². The smallest absolute Gasteiger partial charge is 0.246 e. The zero-order chi connectivity index (χ0) is 30.5. The second-order valence-electron chi connectivity index (χ2n) is 10.8. The maximum Gasteiger partial charge on any atom is 0.246 e. The highest BCUT2D eigenvalue weighted by atomic mass is 35.5. The molecule has 1 fully saturated rings. The maximum absolute atomic E-state index is 15.0. The van der Waals surface area contributed by atoms with E-state index in [1.54, 1.807) is 23.1 Å². The van der Waals surface area contributed by atoms with E-state index < -0.39 is 16.8 Å². The van der Waals surface area contributed by atoms with Crippen LogP contribution >= 0.6 is 22.6 Å². The number of carbonyl (C=O) groups is 1. The van der Waals surface area contributed by atoms with Gasteiger partial charge in [-0.3, -0.25) is 13.9 Å². The van der Waals surface area contributed by atoms with Gasteiger partial charge in [0, 0.05) is 25.2 Å². The van der Waals surface area contributed by atoms with E-state index in [0.717, 1.165) is 5.56 Å². The van der Waals surface area contributed by atoms with Gasteiger partial charge in [-0.2, -0.15) is 0 Å². The molecule has 3 aromatic rings. The van der Waals surface area contributed by atoms with Crippen molar-refractivity contribution in [1.82, 2.24) is 14.8 Å². The lowest BCUT2D eigenvalue weighted by Crippen LogP contribution is -2.59. The molecule has 1 aromatic heterocycles. The molecule has 222 valence electrons. The monoisotopic (exact) mass is 613 g/mol. The van der Waals surface area contributed by atoms with Crippen LogP contribution in [0.3, 0.4) is 0 Å². The second kappa shape index (κ2) is 11.2. The molecule has 0 radical (unpaired) electrons. The van der Waals surface area contributed by atoms with Crippen LogP contribution in [0.2, 0.25) is 5.02 Å². The van der Waals surface area contributed by atoms with Crippen LogP contribution in [0.25, 0.3) is 11.3 Å². The largest absolute Gasteiger partial charge is 0.507 e. The van der Waals surface area contributed by atoms with Crippen molar-refractivity contribution in [3.63, 3.8) is 0 Å². The number of aromatic nitrogens is 1. The SMILES string of the molecule is C=CC(=O)N1C[C@H](C)N(C2=NS(O)(O)N(c3ccccc3C(C)C)c3nc(-c4c(O)cccc4F)c(Cl)cc32)C[C@H]1C. The van der Waals surface area contributed by atoms with E-state index in [0.29, 0.717) is 24.3 Å². The highest BCUT2D eigenvalue weighted by molar-refractivity contribution is 8.24. The van der Waals surface area contributed by atoms with Gasteiger partial charge in [0.2, 0.25) is 5.91 Å². The third-order valence-corrected chi connectivity index (χ3v) is 9.13. The molecule has 2 atom stereocenters. The van der Waals surface area contributed by atoms with Gasteiger partial charge in [0.05, 0.1) is 27.5 Å². The first-order valence-corrected chi connectivity index (χ1v) is 15.3. The van der Waals surface area contributed by atoms with Gasteiger partial charge in [-0.25, -0.2) is 13.7 Å². The molecule has 2 aromatic carbocycles. The summed E-state index contributed by atoms with van der Waals surface area (Å²) in [6, 6.07) is 12.2. The summed E-state index contributed by atoms with van der Waals surface area (Å²) in [6.07, 6.45) is 1.27. The summed E-state index contributed by atoms with van der Waals surface area (Å²) in [5.41, 5.74) is 1.41. The number of para-hydroxylation sites is 1. The molecule has 12 heteroatoms. The highest BCUT2D eigenvalue weighted by Crippen LogP contribution is 2.58. The normalized spacial score (nSPS) is 20.7. The van der Waals surface area contributed by atoms with Crippen molar-refractivity contribution in [2.24, 2.45) is 4.40 Å². The first-order chi connectivity index (χ1) is 19.9. The van der Waals surface area contributed by atoms with Crippen molar-refractivity contribution < 1.29 is 23.4 Å². The summed E-state index contributed by atoms with van der Waals surface area (Å²) in [4.78, 5) is 20.8. The summed E-state index contributed by atoms with van der Waals surface area (Å²) in [5.74, 6) is -0.948. The average Bonchev–Trinajstić information content (AvgIpc) is 2.93. The Bertz CT molecular complexity index is 1580. The van der Waals surface area contributed by atoms with Crippen LogP contribution in [-0.4, -0.2) is 65.9 Å². The number of phenolic OH excluding ortho intramolecular Hbond substituents is 1. The molecule has 2 aliphatic rings. The molecule has 1 amide bonds. The van der Waals surface area contributed by atoms with E-state index in [2.05, 4.69) is 11.0 Å². The Labute approximate surface area is 251 Å². The van der Waals surface area contributed by atoms with E-state index in [1.807, 2.05) is 44.7 Å². The van der Waals surface area contributed by atoms with Crippen molar-refractivity contribution in [3.8, 4) is 17.0 Å². The van der Waals surface area contributed by atoms with Gasteiger partial charge in [-0.15, -0.1) is 4.40 Å². The number of aromatic hydroxyl groups is 1. The Morgan fingerprint density at radius 2 is 1.86 bits per heavy atom. The predicted molar refractivity (Wildman–Crippen MR) is 166 cm³/mol. The summed E-state index contributed by atoms with van der Waals surface area (Å²) in [7, 11) is -3.93. The van der Waals surface area contributed by atoms with Gasteiger partial charge in [-0.1, -0.05) is 56.3 Å². The van der Waals surface area contributed by atoms with Crippen molar-refractivity contribution >= 4 is 45.8 Å². The molecule has 3 N–H and O–H groups in total. The van der Waals surface area contributed by atoms with Gasteiger partial charge in [0.25, 0.3) is 0 Å². The third kappa shape index (κ3) is 5.11. The first-order valence-electron chi connectivity index (χ1n) is 13.5. The number of phenols is 1. The maximum atomic E-state index is 15.0. The number of halogens is 2. The predicted octanol–water partition coefficient (Wildman–Crippen LogP) is 6.96. The first kappa shape index (κ1) is 29.8. The number of pyridine rings is 1. The molecule has 0 spiro atoms. The fraction of sp³-hybridized carbons (Fsp3) is 0.300. The third-order valence-electron chi connectivity index (χ3n) is 7.56. The van der Waals surface area contributed by atoms with E-state index in [9.17, 15) is 19.0 Å². The number of anilines is 2. The number of hydrogen-bond acceptors (Lipinski definition) is 8. The van der Waals surface area contributed by atoms with Crippen LogP contribution < -0.4 is 4.31 Å². The van der Waals surface area contributed by atoms with Crippen LogP contribution in [0.4, 0.5) is 15.9 Å². The number of fused-ring (bicyclic) bond motifs is 1. The lowest BCUT2D eigenvalue weighted by molar-refractivity contribution is -0.130. The molecule has 2 aliphatic heterocycles. The highest BCUT2D eigenvalue weighted by Gasteiger charge is 2.42. The number of nitrogens with zero attached hydrogens (tertiary/aromatic N) is 5. The van der Waals surface area contributed by atoms with Crippen molar-refractivity contribution in [1.29, 1.82) is 0 Å². The fourth-order valence-electron chi connectivity index (χ4n) is 5.50. The Morgan fingerprint density at radius 1 is 1.14 bits per heavy atom. The molecule has 42 heavy (non-hydrogen) atoms. The molecule has 0 bridgehead atoms. The van der Waals surface area contributed by atoms with Gasteiger partial charge in [0.1, 0.15) is 11.6 Å². The number of rotatable bonds is 4. The van der Waals surface area contributed by atoms with Gasteiger partial charge in [0.15, 0.2) is 11.7 Å². The molecule has 9 nitrogen and oxygen atoms in total. The topological polar surface area (TPSA) is 113 Å². The minimum atomic E-state index is -3.93. The molecular weight excluding hydrogens is 581 g/mol. The molecular formula is C30H33ClFN5O4S. The number of hydrogen-bond donors (Lipinski definition) is 3. The zero-order valence-corrected chi connectivity index (χ0v) is 25.3. The molecule has 0 aliphatic carbocycles. The minimum absolute atomic E-state index is 0.00366. The molecule has 0 saturated carbocycles. The van der Waals surface area contributed by atoms with Crippen molar-refractivity contribution in [3.05, 3.63) is 83.2 Å². The van der Waals surface area contributed by atoms with Crippen molar-refractivity contribution in [2.45, 2.75) is 45.7 Å². The van der Waals surface area contributed by atoms with Crippen LogP contribution in [0.1, 0.15) is 44.7 Å². The quantitative estimate of drug-likeness (QED) is 0.273. The Balaban J connectivity index is 1.75. The Morgan fingerprint density at radius 3 is 2.52 bits per heavy atom. The van der Waals surface area contributed by atoms with Crippen LogP contribution in [0.15, 0.2) is 65.6 Å². The number of piperazine rings is 1. The van der Waals surface area contributed by atoms with Gasteiger partial charge in [-0.05, 0) is 66.6 Å². The molecule has 0 unspecified atom stereocenters. The van der Waals surface area contributed by atoms with Crippen molar-refractivity contribution in [2.75, 3.05) is 17.4 Å². The van der Waals surface area contributed by atoms with Gasteiger partial charge >= 0.3 is 0 Å². The lowest BCUT2D eigenvalue weighted by atomic mass is 10.0. The van der Waals surface area contributed by atoms with E-state index in [4.69, 9.17) is 16.6 Å². The molecule has 3 heterocycles. The number of benzene rings is 2. The van der Waals surface area contributed by atoms with Crippen LogP contribution in [0, 0.1) is 5.82 Å². The summed E-state index contributed by atoms with van der Waals surface area (Å²) in [6.45, 7) is 12.0. The summed E-state index contributed by atoms with van der Waals surface area (Å²) in [5, 5.41) is 10.6. The Hall–Kier alpha value is -3.64. The number of amides is 1. The molecule has 1 saturated heterocycles. The van der Waals surface area contributed by atoms with Crippen LogP contribution in [0.5, 0.6) is 5.75 Å². The fourth-order valence-corrected chi connectivity index (χ4v) is 7.07. The average molecular weight is 614 g/mol. The zero-order valence-electron chi connectivity index (χ0n) is 23.7. The van der Waals surface area contributed by atoms with E-state index >= 15 is 4.39 Å². The summed E-state index contributed by atoms with van der Waals surface area (Å²) >= 11 is 6.72. The Kier molecular flexibility index (Phi) is 7.97. The standard InChI is InChI=1S/C30H33ClFN5O4S/c1-6-26(39)35-15-19(5)36(16-18(35)4)30-21-14-22(31)28(27-23(32)11-9-13-25(27)38)33-29(21)37(42(40,41)34-30)24-12-8-7-10-20(24)17(2)3/h6-14,17-19,38,40-41H,1,15-16H2,2-5H3/t18-,19+/m1/s1. The van der Waals surface area contributed by atoms with Gasteiger partial charge < -0.3 is 14.9 Å². The second-order valence-corrected chi connectivity index (χ2v) is 12.7. The summed E-state index contributed by atoms with van der Waals surface area (Å²) < 4.78 is 44.2. The van der Waals surface area contributed by atoms with Crippen LogP contribution in [-0.2, 0) is 4.79 Å². The number of amidine groups is 1. The lowest BCUT2D eigenvalue weighted by Gasteiger charge is -2.49.